The number of aryl methyl sites for hydroxylation is 2. The van der Waals surface area contributed by atoms with Gasteiger partial charge in [-0.15, -0.1) is 11.3 Å². The quantitative estimate of drug-likeness (QED) is 0.368. The summed E-state index contributed by atoms with van der Waals surface area (Å²) in [5.41, 5.74) is 3.88. The molecule has 7 nitrogen and oxygen atoms in total. The molecule has 2 aromatic carbocycles. The number of fused-ring (bicyclic) bond motifs is 1. The van der Waals surface area contributed by atoms with Gasteiger partial charge in [-0.05, 0) is 79.9 Å². The van der Waals surface area contributed by atoms with E-state index >= 15 is 0 Å². The summed E-state index contributed by atoms with van der Waals surface area (Å²) in [7, 11) is 1.58. The molecule has 8 heteroatoms. The number of thiophene rings is 1. The van der Waals surface area contributed by atoms with Crippen LogP contribution in [0, 0.1) is 13.8 Å². The minimum absolute atomic E-state index is 0.0184. The van der Waals surface area contributed by atoms with Crippen LogP contribution in [0.5, 0.6) is 11.5 Å². The van der Waals surface area contributed by atoms with Gasteiger partial charge >= 0.3 is 0 Å². The molecule has 0 spiro atoms. The molecule has 2 amide bonds. The van der Waals surface area contributed by atoms with E-state index < -0.39 is 0 Å². The standard InChI is InChI=1S/C31H36N2O5S/c1-21-9-10-28(22(2)16-21)38-20-27-26-12-15-39-29(26)11-13-33(27)30(34)19-32(18-25-8-5-14-37-25)31(35)23-6-4-7-24(17-23)36-3/h4,6-7,9-10,12,15-17,25,27H,5,8,11,13-14,18-20H2,1-3H3/t25-,27+/m1/s1. The average molecular weight is 549 g/mol. The van der Waals surface area contributed by atoms with Crippen LogP contribution in [0.1, 0.15) is 50.8 Å². The van der Waals surface area contributed by atoms with Crippen molar-refractivity contribution in [3.63, 3.8) is 0 Å². The fourth-order valence-corrected chi connectivity index (χ4v) is 6.38. The van der Waals surface area contributed by atoms with Gasteiger partial charge in [0, 0.05) is 30.1 Å². The van der Waals surface area contributed by atoms with Crippen molar-refractivity contribution >= 4 is 23.2 Å². The van der Waals surface area contributed by atoms with E-state index in [0.29, 0.717) is 37.6 Å². The highest BCUT2D eigenvalue weighted by Gasteiger charge is 2.34. The van der Waals surface area contributed by atoms with E-state index in [0.717, 1.165) is 36.1 Å². The third-order valence-electron chi connectivity index (χ3n) is 7.52. The van der Waals surface area contributed by atoms with Gasteiger partial charge in [-0.2, -0.15) is 0 Å². The van der Waals surface area contributed by atoms with E-state index in [9.17, 15) is 9.59 Å². The van der Waals surface area contributed by atoms with E-state index in [4.69, 9.17) is 14.2 Å². The molecule has 0 radical (unpaired) electrons. The van der Waals surface area contributed by atoms with Crippen LogP contribution in [-0.4, -0.2) is 67.7 Å². The summed E-state index contributed by atoms with van der Waals surface area (Å²) in [5, 5.41) is 2.08. The molecule has 2 aliphatic rings. The van der Waals surface area contributed by atoms with Crippen molar-refractivity contribution < 1.29 is 23.8 Å². The maximum atomic E-state index is 13.9. The molecule has 1 fully saturated rings. The van der Waals surface area contributed by atoms with E-state index in [1.165, 1.54) is 10.4 Å². The molecule has 3 aromatic rings. The van der Waals surface area contributed by atoms with Crippen molar-refractivity contribution in [3.8, 4) is 11.5 Å². The Bertz CT molecular complexity index is 1320. The predicted molar refractivity (Wildman–Crippen MR) is 152 cm³/mol. The van der Waals surface area contributed by atoms with Gasteiger partial charge in [0.05, 0.1) is 19.3 Å². The van der Waals surface area contributed by atoms with Gasteiger partial charge in [0.2, 0.25) is 5.91 Å². The molecule has 0 unspecified atom stereocenters. The second-order valence-corrected chi connectivity index (χ2v) is 11.3. The number of carbonyl (C=O) groups excluding carboxylic acids is 2. The molecule has 0 N–H and O–H groups in total. The van der Waals surface area contributed by atoms with Crippen LogP contribution in [0.4, 0.5) is 0 Å². The monoisotopic (exact) mass is 548 g/mol. The number of carbonyl (C=O) groups is 2. The van der Waals surface area contributed by atoms with Crippen LogP contribution >= 0.6 is 11.3 Å². The van der Waals surface area contributed by atoms with Gasteiger partial charge in [-0.3, -0.25) is 9.59 Å². The van der Waals surface area contributed by atoms with Crippen molar-refractivity contribution in [3.05, 3.63) is 81.0 Å². The maximum Gasteiger partial charge on any atom is 0.254 e. The Morgan fingerprint density at radius 2 is 2.03 bits per heavy atom. The summed E-state index contributed by atoms with van der Waals surface area (Å²) < 4.78 is 17.5. The molecule has 5 rings (SSSR count). The number of rotatable bonds is 9. The highest BCUT2D eigenvalue weighted by Crippen LogP contribution is 2.34. The molecule has 0 aliphatic carbocycles. The van der Waals surface area contributed by atoms with E-state index in [1.54, 1.807) is 47.6 Å². The van der Waals surface area contributed by atoms with Crippen molar-refractivity contribution in [1.82, 2.24) is 9.80 Å². The minimum atomic E-state index is -0.218. The minimum Gasteiger partial charge on any atom is -0.497 e. The normalized spacial score (nSPS) is 18.5. The number of nitrogens with zero attached hydrogens (tertiary/aromatic N) is 2. The first-order valence-corrected chi connectivity index (χ1v) is 14.4. The lowest BCUT2D eigenvalue weighted by Crippen LogP contribution is -2.49. The fourth-order valence-electron chi connectivity index (χ4n) is 5.45. The second-order valence-electron chi connectivity index (χ2n) is 10.3. The molecule has 1 aromatic heterocycles. The second kappa shape index (κ2) is 12.2. The fraction of sp³-hybridized carbons (Fsp3) is 0.419. The maximum absolute atomic E-state index is 13.9. The Kier molecular flexibility index (Phi) is 8.53. The largest absolute Gasteiger partial charge is 0.497 e. The SMILES string of the molecule is COc1cccc(C(=O)N(CC(=O)N2CCc3sccc3[C@@H]2COc2ccc(C)cc2C)C[C@H]2CCCO2)c1. The molecule has 3 heterocycles. The van der Waals surface area contributed by atoms with E-state index in [2.05, 4.69) is 24.4 Å². The summed E-state index contributed by atoms with van der Waals surface area (Å²) in [6, 6.07) is 15.1. The van der Waals surface area contributed by atoms with Gasteiger partial charge in [-0.25, -0.2) is 0 Å². The summed E-state index contributed by atoms with van der Waals surface area (Å²) in [4.78, 5) is 32.4. The lowest BCUT2D eigenvalue weighted by Gasteiger charge is -2.37. The Morgan fingerprint density at radius 1 is 1.15 bits per heavy atom. The van der Waals surface area contributed by atoms with E-state index in [-0.39, 0.29) is 30.5 Å². The molecular weight excluding hydrogens is 512 g/mol. The van der Waals surface area contributed by atoms with Crippen LogP contribution < -0.4 is 9.47 Å². The predicted octanol–water partition coefficient (Wildman–Crippen LogP) is 5.20. The third-order valence-corrected chi connectivity index (χ3v) is 8.52. The number of amides is 2. The number of ether oxygens (including phenoxy) is 3. The molecular formula is C31H36N2O5S. The Morgan fingerprint density at radius 3 is 2.79 bits per heavy atom. The summed E-state index contributed by atoms with van der Waals surface area (Å²) in [6.07, 6.45) is 2.57. The first-order valence-electron chi connectivity index (χ1n) is 13.5. The zero-order valence-corrected chi connectivity index (χ0v) is 23.7. The van der Waals surface area contributed by atoms with E-state index in [1.807, 2.05) is 24.0 Å². The molecule has 2 atom stereocenters. The van der Waals surface area contributed by atoms with Crippen LogP contribution in [0.2, 0.25) is 0 Å². The number of hydrogen-bond donors (Lipinski definition) is 0. The lowest BCUT2D eigenvalue weighted by molar-refractivity contribution is -0.135. The van der Waals surface area contributed by atoms with Gasteiger partial charge in [0.15, 0.2) is 0 Å². The Hall–Kier alpha value is -3.36. The molecule has 0 saturated carbocycles. The zero-order valence-electron chi connectivity index (χ0n) is 22.9. The average Bonchev–Trinajstić information content (AvgIpc) is 3.64. The molecule has 1 saturated heterocycles. The van der Waals surface area contributed by atoms with Crippen LogP contribution in [0.25, 0.3) is 0 Å². The number of hydrogen-bond acceptors (Lipinski definition) is 6. The highest BCUT2D eigenvalue weighted by molar-refractivity contribution is 7.10. The van der Waals surface area contributed by atoms with Crippen molar-refractivity contribution in [1.29, 1.82) is 0 Å². The highest BCUT2D eigenvalue weighted by atomic mass is 32.1. The molecule has 206 valence electrons. The topological polar surface area (TPSA) is 68.3 Å². The van der Waals surface area contributed by atoms with Gasteiger partial charge in [0.1, 0.15) is 24.7 Å². The molecule has 2 aliphatic heterocycles. The zero-order chi connectivity index (χ0) is 27.4. The van der Waals surface area contributed by atoms with Crippen LogP contribution in [-0.2, 0) is 16.0 Å². The van der Waals surface area contributed by atoms with Crippen molar-refractivity contribution in [2.45, 2.75) is 45.3 Å². The van der Waals surface area contributed by atoms with Crippen LogP contribution in [0.15, 0.2) is 53.9 Å². The molecule has 39 heavy (non-hydrogen) atoms. The first-order chi connectivity index (χ1) is 18.9. The van der Waals surface area contributed by atoms with Gasteiger partial charge in [-0.1, -0.05) is 23.8 Å². The summed E-state index contributed by atoms with van der Waals surface area (Å²) in [6.45, 7) is 6.09. The van der Waals surface area contributed by atoms with Crippen molar-refractivity contribution in [2.75, 3.05) is 40.0 Å². The number of benzene rings is 2. The Labute approximate surface area is 234 Å². The summed E-state index contributed by atoms with van der Waals surface area (Å²) >= 11 is 1.72. The third kappa shape index (κ3) is 6.28. The smallest absolute Gasteiger partial charge is 0.254 e. The molecule has 0 bridgehead atoms. The van der Waals surface area contributed by atoms with Crippen molar-refractivity contribution in [2.24, 2.45) is 0 Å². The van der Waals surface area contributed by atoms with Gasteiger partial charge in [0.25, 0.3) is 5.91 Å². The summed E-state index contributed by atoms with van der Waals surface area (Å²) in [5.74, 6) is 1.14. The van der Waals surface area contributed by atoms with Gasteiger partial charge < -0.3 is 24.0 Å². The lowest BCUT2D eigenvalue weighted by atomic mass is 10.00. The number of methoxy groups -OCH3 is 1. The first kappa shape index (κ1) is 27.2. The van der Waals surface area contributed by atoms with Crippen LogP contribution in [0.3, 0.4) is 0 Å². The Balaban J connectivity index is 1.36.